The standard InChI is InChI=1S/C13H10BrFO/c1-16-10-5-2-4-9(8-10)11-6-3-7-12(14)13(11)15/h2-8H,1H3. The molecule has 0 aliphatic carbocycles. The molecule has 0 heterocycles. The van der Waals surface area contributed by atoms with E-state index in [0.29, 0.717) is 10.0 Å². The summed E-state index contributed by atoms with van der Waals surface area (Å²) in [5, 5.41) is 0. The third kappa shape index (κ3) is 2.09. The maximum atomic E-state index is 13.8. The maximum Gasteiger partial charge on any atom is 0.145 e. The minimum absolute atomic E-state index is 0.254. The number of halogens is 2. The molecule has 0 aliphatic rings. The largest absolute Gasteiger partial charge is 0.497 e. The Kier molecular flexibility index (Phi) is 3.25. The summed E-state index contributed by atoms with van der Waals surface area (Å²) in [7, 11) is 1.59. The van der Waals surface area contributed by atoms with E-state index >= 15 is 0 Å². The zero-order valence-electron chi connectivity index (χ0n) is 8.71. The van der Waals surface area contributed by atoms with Crippen LogP contribution in [0.3, 0.4) is 0 Å². The first-order valence-electron chi connectivity index (χ1n) is 4.81. The fourth-order valence-corrected chi connectivity index (χ4v) is 1.88. The first-order chi connectivity index (χ1) is 7.72. The van der Waals surface area contributed by atoms with Gasteiger partial charge in [-0.3, -0.25) is 0 Å². The summed E-state index contributed by atoms with van der Waals surface area (Å²) in [6, 6.07) is 12.6. The molecule has 0 unspecified atom stereocenters. The minimum atomic E-state index is -0.254. The molecule has 0 atom stereocenters. The van der Waals surface area contributed by atoms with E-state index < -0.39 is 0 Å². The lowest BCUT2D eigenvalue weighted by molar-refractivity contribution is 0.415. The molecule has 2 aromatic rings. The predicted molar refractivity (Wildman–Crippen MR) is 66.1 cm³/mol. The van der Waals surface area contributed by atoms with Gasteiger partial charge in [-0.2, -0.15) is 0 Å². The lowest BCUT2D eigenvalue weighted by Gasteiger charge is -2.06. The van der Waals surface area contributed by atoms with Crippen molar-refractivity contribution < 1.29 is 9.13 Å². The van der Waals surface area contributed by atoms with Crippen molar-refractivity contribution in [1.29, 1.82) is 0 Å². The highest BCUT2D eigenvalue weighted by Crippen LogP contribution is 2.29. The molecule has 82 valence electrons. The van der Waals surface area contributed by atoms with E-state index in [1.54, 1.807) is 19.2 Å². The van der Waals surface area contributed by atoms with Gasteiger partial charge in [-0.15, -0.1) is 0 Å². The summed E-state index contributed by atoms with van der Waals surface area (Å²) in [6.45, 7) is 0. The van der Waals surface area contributed by atoms with Crippen molar-refractivity contribution in [2.45, 2.75) is 0 Å². The molecule has 0 saturated carbocycles. The second kappa shape index (κ2) is 4.66. The lowest BCUT2D eigenvalue weighted by atomic mass is 10.1. The zero-order chi connectivity index (χ0) is 11.5. The van der Waals surface area contributed by atoms with Gasteiger partial charge in [0.2, 0.25) is 0 Å². The molecule has 1 nitrogen and oxygen atoms in total. The van der Waals surface area contributed by atoms with Crippen molar-refractivity contribution in [1.82, 2.24) is 0 Å². The van der Waals surface area contributed by atoms with Gasteiger partial charge in [0, 0.05) is 5.56 Å². The normalized spacial score (nSPS) is 10.2. The maximum absolute atomic E-state index is 13.8. The van der Waals surface area contributed by atoms with E-state index in [9.17, 15) is 4.39 Å². The first kappa shape index (κ1) is 11.1. The predicted octanol–water partition coefficient (Wildman–Crippen LogP) is 4.26. The Hall–Kier alpha value is -1.35. The minimum Gasteiger partial charge on any atom is -0.497 e. The van der Waals surface area contributed by atoms with E-state index in [0.717, 1.165) is 11.3 Å². The van der Waals surface area contributed by atoms with Crippen molar-refractivity contribution in [3.05, 3.63) is 52.8 Å². The number of rotatable bonds is 2. The summed E-state index contributed by atoms with van der Waals surface area (Å²) in [5.74, 6) is 0.465. The van der Waals surface area contributed by atoms with Gasteiger partial charge >= 0.3 is 0 Å². The van der Waals surface area contributed by atoms with Crippen LogP contribution < -0.4 is 4.74 Å². The molecule has 16 heavy (non-hydrogen) atoms. The van der Waals surface area contributed by atoms with Gasteiger partial charge in [0.1, 0.15) is 11.6 Å². The number of ether oxygens (including phenoxy) is 1. The second-order valence-corrected chi connectivity index (χ2v) is 4.19. The van der Waals surface area contributed by atoms with Crippen LogP contribution in [0.2, 0.25) is 0 Å². The molecule has 0 radical (unpaired) electrons. The van der Waals surface area contributed by atoms with Gasteiger partial charge in [-0.1, -0.05) is 24.3 Å². The smallest absolute Gasteiger partial charge is 0.145 e. The van der Waals surface area contributed by atoms with E-state index in [4.69, 9.17) is 4.74 Å². The number of hydrogen-bond donors (Lipinski definition) is 0. The van der Waals surface area contributed by atoms with E-state index in [1.807, 2.05) is 30.3 Å². The van der Waals surface area contributed by atoms with Gasteiger partial charge in [0.25, 0.3) is 0 Å². The van der Waals surface area contributed by atoms with Gasteiger partial charge < -0.3 is 4.74 Å². The van der Waals surface area contributed by atoms with Crippen LogP contribution >= 0.6 is 15.9 Å². The topological polar surface area (TPSA) is 9.23 Å². The second-order valence-electron chi connectivity index (χ2n) is 3.33. The highest BCUT2D eigenvalue weighted by Gasteiger charge is 2.08. The molecule has 0 saturated heterocycles. The number of methoxy groups -OCH3 is 1. The Morgan fingerprint density at radius 1 is 1.12 bits per heavy atom. The monoisotopic (exact) mass is 280 g/mol. The van der Waals surface area contributed by atoms with Crippen molar-refractivity contribution in [2.75, 3.05) is 7.11 Å². The SMILES string of the molecule is COc1cccc(-c2cccc(Br)c2F)c1. The van der Waals surface area contributed by atoms with Crippen LogP contribution in [0.5, 0.6) is 5.75 Å². The van der Waals surface area contributed by atoms with Gasteiger partial charge in [0.15, 0.2) is 0 Å². The van der Waals surface area contributed by atoms with Crippen molar-refractivity contribution >= 4 is 15.9 Å². The van der Waals surface area contributed by atoms with Crippen LogP contribution in [-0.2, 0) is 0 Å². The molecule has 0 N–H and O–H groups in total. The van der Waals surface area contributed by atoms with Crippen molar-refractivity contribution in [3.8, 4) is 16.9 Å². The molecule has 0 aromatic heterocycles. The third-order valence-electron chi connectivity index (χ3n) is 2.33. The van der Waals surface area contributed by atoms with Gasteiger partial charge in [-0.05, 0) is 39.7 Å². The fraction of sp³-hybridized carbons (Fsp3) is 0.0769. The average Bonchev–Trinajstić information content (AvgIpc) is 2.33. The first-order valence-corrected chi connectivity index (χ1v) is 5.60. The van der Waals surface area contributed by atoms with Crippen LogP contribution in [0.15, 0.2) is 46.9 Å². The molecule has 0 bridgehead atoms. The van der Waals surface area contributed by atoms with Crippen LogP contribution in [0.1, 0.15) is 0 Å². The average molecular weight is 281 g/mol. The Labute approximate surface area is 102 Å². The molecular formula is C13H10BrFO. The highest BCUT2D eigenvalue weighted by molar-refractivity contribution is 9.10. The van der Waals surface area contributed by atoms with Crippen LogP contribution in [0.4, 0.5) is 4.39 Å². The molecule has 0 aliphatic heterocycles. The number of benzene rings is 2. The highest BCUT2D eigenvalue weighted by atomic mass is 79.9. The van der Waals surface area contributed by atoms with E-state index in [-0.39, 0.29) is 5.82 Å². The lowest BCUT2D eigenvalue weighted by Crippen LogP contribution is -1.87. The molecule has 0 spiro atoms. The Balaban J connectivity index is 2.54. The molecule has 3 heteroatoms. The van der Waals surface area contributed by atoms with Crippen LogP contribution in [0, 0.1) is 5.82 Å². The summed E-state index contributed by atoms with van der Waals surface area (Å²) < 4.78 is 19.4. The van der Waals surface area contributed by atoms with E-state index in [2.05, 4.69) is 15.9 Å². The molecule has 0 fully saturated rings. The molecule has 2 aromatic carbocycles. The Morgan fingerprint density at radius 3 is 2.62 bits per heavy atom. The van der Waals surface area contributed by atoms with Crippen molar-refractivity contribution in [3.63, 3.8) is 0 Å². The molecular weight excluding hydrogens is 271 g/mol. The number of hydrogen-bond acceptors (Lipinski definition) is 1. The summed E-state index contributed by atoms with van der Waals surface area (Å²) in [4.78, 5) is 0. The fourth-order valence-electron chi connectivity index (χ4n) is 1.52. The molecule has 2 rings (SSSR count). The summed E-state index contributed by atoms with van der Waals surface area (Å²) in [5.41, 5.74) is 1.37. The summed E-state index contributed by atoms with van der Waals surface area (Å²) >= 11 is 3.17. The van der Waals surface area contributed by atoms with Crippen LogP contribution in [0.25, 0.3) is 11.1 Å². The third-order valence-corrected chi connectivity index (χ3v) is 2.94. The zero-order valence-corrected chi connectivity index (χ0v) is 10.3. The molecule has 0 amide bonds. The van der Waals surface area contributed by atoms with E-state index in [1.165, 1.54) is 0 Å². The Morgan fingerprint density at radius 2 is 1.88 bits per heavy atom. The van der Waals surface area contributed by atoms with Gasteiger partial charge in [0.05, 0.1) is 11.6 Å². The van der Waals surface area contributed by atoms with Crippen molar-refractivity contribution in [2.24, 2.45) is 0 Å². The summed E-state index contributed by atoms with van der Waals surface area (Å²) in [6.07, 6.45) is 0. The van der Waals surface area contributed by atoms with Crippen LogP contribution in [-0.4, -0.2) is 7.11 Å². The quantitative estimate of drug-likeness (QED) is 0.799. The Bertz CT molecular complexity index is 511. The van der Waals surface area contributed by atoms with Gasteiger partial charge in [-0.25, -0.2) is 4.39 Å².